The molecule has 0 heterocycles. The van der Waals surface area contributed by atoms with E-state index in [4.69, 9.17) is 27.9 Å². The molecule has 28 heavy (non-hydrogen) atoms. The highest BCUT2D eigenvalue weighted by atomic mass is 79.9. The first-order valence-corrected chi connectivity index (χ1v) is 9.76. The number of nitriles is 1. The summed E-state index contributed by atoms with van der Waals surface area (Å²) in [6.07, 6.45) is 1.63. The third kappa shape index (κ3) is 4.94. The molecule has 0 atom stereocenters. The Kier molecular flexibility index (Phi) is 6.74. The van der Waals surface area contributed by atoms with Gasteiger partial charge in [0.1, 0.15) is 18.2 Å². The van der Waals surface area contributed by atoms with E-state index in [1.807, 2.05) is 18.2 Å². The van der Waals surface area contributed by atoms with Gasteiger partial charge in [0, 0.05) is 5.56 Å². The maximum Gasteiger partial charge on any atom is 0.134 e. The van der Waals surface area contributed by atoms with Gasteiger partial charge in [-0.1, -0.05) is 53.5 Å². The molecule has 0 saturated heterocycles. The van der Waals surface area contributed by atoms with Crippen molar-refractivity contribution >= 4 is 50.8 Å². The number of rotatable bonds is 5. The van der Waals surface area contributed by atoms with Crippen molar-refractivity contribution in [3.63, 3.8) is 0 Å². The maximum atomic E-state index is 13.9. The minimum absolute atomic E-state index is 0.245. The monoisotopic (exact) mass is 475 g/mol. The highest BCUT2D eigenvalue weighted by Gasteiger charge is 2.08. The molecule has 0 unspecified atom stereocenters. The molecule has 0 saturated carbocycles. The molecule has 3 rings (SSSR count). The highest BCUT2D eigenvalue weighted by Crippen LogP contribution is 2.30. The molecule has 0 fully saturated rings. The molecule has 0 aliphatic rings. The summed E-state index contributed by atoms with van der Waals surface area (Å²) in [6.45, 7) is 0.323. The molecule has 0 N–H and O–H groups in total. The van der Waals surface area contributed by atoms with Gasteiger partial charge in [0.25, 0.3) is 0 Å². The number of hydrogen-bond acceptors (Lipinski definition) is 2. The Bertz CT molecular complexity index is 1090. The summed E-state index contributed by atoms with van der Waals surface area (Å²) in [5.41, 5.74) is 2.14. The van der Waals surface area contributed by atoms with Crippen LogP contribution in [0, 0.1) is 17.1 Å². The summed E-state index contributed by atoms with van der Waals surface area (Å²) in [4.78, 5) is 0. The van der Waals surface area contributed by atoms with Crippen LogP contribution in [0.15, 0.2) is 65.1 Å². The molecule has 6 heteroatoms. The summed E-state index contributed by atoms with van der Waals surface area (Å²) in [7, 11) is 0. The zero-order chi connectivity index (χ0) is 20.1. The van der Waals surface area contributed by atoms with Gasteiger partial charge in [0.15, 0.2) is 0 Å². The van der Waals surface area contributed by atoms with E-state index in [1.54, 1.807) is 48.5 Å². The second-order valence-corrected chi connectivity index (χ2v) is 7.55. The van der Waals surface area contributed by atoms with Crippen LogP contribution in [0.2, 0.25) is 10.0 Å². The molecule has 2 nitrogen and oxygen atoms in total. The van der Waals surface area contributed by atoms with Gasteiger partial charge in [-0.2, -0.15) is 5.26 Å². The van der Waals surface area contributed by atoms with Crippen molar-refractivity contribution in [1.29, 1.82) is 5.26 Å². The van der Waals surface area contributed by atoms with E-state index in [2.05, 4.69) is 15.9 Å². The molecule has 0 bridgehead atoms. The van der Waals surface area contributed by atoms with Gasteiger partial charge in [-0.15, -0.1) is 0 Å². The second kappa shape index (κ2) is 9.25. The second-order valence-electron chi connectivity index (χ2n) is 5.88. The zero-order valence-corrected chi connectivity index (χ0v) is 17.5. The molecular formula is C22H13BrCl2FNO. The fraction of sp³-hybridized carbons (Fsp3) is 0.0455. The maximum absolute atomic E-state index is 13.9. The van der Waals surface area contributed by atoms with Crippen LogP contribution >= 0.6 is 39.1 Å². The molecule has 0 spiro atoms. The van der Waals surface area contributed by atoms with Crippen molar-refractivity contribution < 1.29 is 9.13 Å². The fourth-order valence-electron chi connectivity index (χ4n) is 2.53. The largest absolute Gasteiger partial charge is 0.488 e. The van der Waals surface area contributed by atoms with Gasteiger partial charge in [-0.3, -0.25) is 0 Å². The van der Waals surface area contributed by atoms with Crippen LogP contribution in [0.3, 0.4) is 0 Å². The number of allylic oxidation sites excluding steroid dienone is 1. The molecule has 3 aromatic rings. The van der Waals surface area contributed by atoms with E-state index in [1.165, 1.54) is 6.07 Å². The number of ether oxygens (including phenoxy) is 1. The summed E-state index contributed by atoms with van der Waals surface area (Å²) in [6, 6.07) is 18.9. The lowest BCUT2D eigenvalue weighted by Crippen LogP contribution is -1.96. The van der Waals surface area contributed by atoms with Gasteiger partial charge in [0.05, 0.1) is 26.2 Å². The number of halogens is 4. The van der Waals surface area contributed by atoms with Crippen molar-refractivity contribution in [1.82, 2.24) is 0 Å². The van der Waals surface area contributed by atoms with Crippen LogP contribution < -0.4 is 4.74 Å². The van der Waals surface area contributed by atoms with Crippen LogP contribution in [0.1, 0.15) is 16.7 Å². The topological polar surface area (TPSA) is 33.0 Å². The number of nitrogens with zero attached hydrogens (tertiary/aromatic N) is 1. The van der Waals surface area contributed by atoms with Gasteiger partial charge in [-0.05, 0) is 63.5 Å². The average molecular weight is 477 g/mol. The lowest BCUT2D eigenvalue weighted by Gasteiger charge is -2.10. The predicted octanol–water partition coefficient (Wildman–Crippen LogP) is 7.54. The molecule has 0 amide bonds. The molecule has 3 aromatic carbocycles. The molecule has 0 aromatic heterocycles. The lowest BCUT2D eigenvalue weighted by molar-refractivity contribution is 0.304. The van der Waals surface area contributed by atoms with Crippen molar-refractivity contribution in [3.8, 4) is 11.8 Å². The lowest BCUT2D eigenvalue weighted by atomic mass is 10.0. The summed E-state index contributed by atoms with van der Waals surface area (Å²) in [5.74, 6) is 0.198. The summed E-state index contributed by atoms with van der Waals surface area (Å²) in [5, 5.41) is 10.4. The molecular weight excluding hydrogens is 464 g/mol. The average Bonchev–Trinajstić information content (AvgIpc) is 2.68. The van der Waals surface area contributed by atoms with Gasteiger partial charge in [-0.25, -0.2) is 4.39 Å². The van der Waals surface area contributed by atoms with Crippen LogP contribution in [0.25, 0.3) is 11.6 Å². The Morgan fingerprint density at radius 2 is 1.86 bits per heavy atom. The Morgan fingerprint density at radius 3 is 2.54 bits per heavy atom. The number of benzene rings is 3. The van der Waals surface area contributed by atoms with Crippen LogP contribution in [-0.2, 0) is 6.61 Å². The third-order valence-corrected chi connectivity index (χ3v) is 5.29. The van der Waals surface area contributed by atoms with Gasteiger partial charge < -0.3 is 4.74 Å². The SMILES string of the molecule is N#CC(=Cc1ccc(OCc2ccc(Cl)c(Cl)c2)c(Br)c1)c1ccccc1F. The minimum atomic E-state index is -0.434. The number of hydrogen-bond donors (Lipinski definition) is 0. The Balaban J connectivity index is 1.79. The fourth-order valence-corrected chi connectivity index (χ4v) is 3.36. The van der Waals surface area contributed by atoms with E-state index >= 15 is 0 Å². The first kappa shape index (κ1) is 20.4. The van der Waals surface area contributed by atoms with E-state index in [-0.39, 0.29) is 11.1 Å². The smallest absolute Gasteiger partial charge is 0.134 e. The molecule has 140 valence electrons. The van der Waals surface area contributed by atoms with Crippen molar-refractivity contribution in [3.05, 3.63) is 97.7 Å². The standard InChI is InChI=1S/C22H13BrCl2FNO/c23-18-10-14(9-16(12-27)17-3-1-2-4-21(17)26)6-8-22(18)28-13-15-5-7-19(24)20(25)11-15/h1-11H,13H2. The quantitative estimate of drug-likeness (QED) is 0.281. The minimum Gasteiger partial charge on any atom is -0.488 e. The van der Waals surface area contributed by atoms with E-state index in [9.17, 15) is 9.65 Å². The normalized spacial score (nSPS) is 11.2. The van der Waals surface area contributed by atoms with E-state index in [0.29, 0.717) is 26.9 Å². The predicted molar refractivity (Wildman–Crippen MR) is 115 cm³/mol. The first-order chi connectivity index (χ1) is 13.5. The van der Waals surface area contributed by atoms with Gasteiger partial charge in [0.2, 0.25) is 0 Å². The highest BCUT2D eigenvalue weighted by molar-refractivity contribution is 9.10. The van der Waals surface area contributed by atoms with E-state index < -0.39 is 5.82 Å². The third-order valence-electron chi connectivity index (χ3n) is 3.93. The van der Waals surface area contributed by atoms with Crippen molar-refractivity contribution in [2.45, 2.75) is 6.61 Å². The molecule has 0 aliphatic heterocycles. The van der Waals surface area contributed by atoms with Crippen molar-refractivity contribution in [2.24, 2.45) is 0 Å². The van der Waals surface area contributed by atoms with Crippen LogP contribution in [-0.4, -0.2) is 0 Å². The Morgan fingerprint density at radius 1 is 1.07 bits per heavy atom. The van der Waals surface area contributed by atoms with E-state index in [0.717, 1.165) is 11.1 Å². The zero-order valence-electron chi connectivity index (χ0n) is 14.4. The molecule has 0 aliphatic carbocycles. The summed E-state index contributed by atoms with van der Waals surface area (Å²) >= 11 is 15.4. The summed E-state index contributed by atoms with van der Waals surface area (Å²) < 4.78 is 20.5. The Hall–Kier alpha value is -2.32. The van der Waals surface area contributed by atoms with Crippen LogP contribution in [0.4, 0.5) is 4.39 Å². The van der Waals surface area contributed by atoms with Crippen molar-refractivity contribution in [2.75, 3.05) is 0 Å². The van der Waals surface area contributed by atoms with Gasteiger partial charge >= 0.3 is 0 Å². The molecule has 0 radical (unpaired) electrons. The first-order valence-electron chi connectivity index (χ1n) is 8.21. The Labute approximate surface area is 180 Å². The van der Waals surface area contributed by atoms with Crippen LogP contribution in [0.5, 0.6) is 5.75 Å².